The van der Waals surface area contributed by atoms with E-state index in [4.69, 9.17) is 10.4 Å². The molecule has 1 atom stereocenters. The SMILES string of the molecule is N#CC(C(=O)O)c1nccc(C(F)(F)F)n1. The number of halogens is 3. The Balaban J connectivity index is 3.18. The molecule has 0 aromatic carbocycles. The number of nitriles is 1. The number of alkyl halides is 3. The van der Waals surface area contributed by atoms with E-state index in [2.05, 4.69) is 9.97 Å². The van der Waals surface area contributed by atoms with Gasteiger partial charge >= 0.3 is 12.1 Å². The minimum absolute atomic E-state index is 0.597. The lowest BCUT2D eigenvalue weighted by atomic mass is 10.1. The van der Waals surface area contributed by atoms with Gasteiger partial charge in [-0.05, 0) is 6.07 Å². The first-order valence-electron chi connectivity index (χ1n) is 3.89. The van der Waals surface area contributed by atoms with Crippen molar-refractivity contribution < 1.29 is 23.1 Å². The molecule has 0 amide bonds. The summed E-state index contributed by atoms with van der Waals surface area (Å²) in [7, 11) is 0. The van der Waals surface area contributed by atoms with Gasteiger partial charge in [-0.15, -0.1) is 0 Å². The molecule has 1 aromatic heterocycles. The monoisotopic (exact) mass is 231 g/mol. The van der Waals surface area contributed by atoms with Crippen molar-refractivity contribution in [2.24, 2.45) is 0 Å². The molecule has 0 aliphatic carbocycles. The largest absolute Gasteiger partial charge is 0.480 e. The van der Waals surface area contributed by atoms with E-state index in [9.17, 15) is 18.0 Å². The van der Waals surface area contributed by atoms with Crippen molar-refractivity contribution >= 4 is 5.97 Å². The first-order chi connectivity index (χ1) is 7.36. The molecule has 84 valence electrons. The number of hydrogen-bond acceptors (Lipinski definition) is 4. The van der Waals surface area contributed by atoms with Crippen LogP contribution in [-0.2, 0) is 11.0 Å². The van der Waals surface area contributed by atoms with E-state index < -0.39 is 29.6 Å². The van der Waals surface area contributed by atoms with Crippen LogP contribution in [0.1, 0.15) is 17.4 Å². The highest BCUT2D eigenvalue weighted by atomic mass is 19.4. The predicted octanol–water partition coefficient (Wildman–Crippen LogP) is 1.19. The maximum absolute atomic E-state index is 12.2. The lowest BCUT2D eigenvalue weighted by Crippen LogP contribution is -2.16. The molecule has 1 rings (SSSR count). The number of aromatic nitrogens is 2. The van der Waals surface area contributed by atoms with E-state index in [-0.39, 0.29) is 0 Å². The molecule has 1 unspecified atom stereocenters. The number of hydrogen-bond donors (Lipinski definition) is 1. The average molecular weight is 231 g/mol. The second-order valence-electron chi connectivity index (χ2n) is 2.70. The molecule has 16 heavy (non-hydrogen) atoms. The van der Waals surface area contributed by atoms with E-state index in [1.54, 1.807) is 0 Å². The summed E-state index contributed by atoms with van der Waals surface area (Å²) in [5.41, 5.74) is -1.28. The molecule has 1 heterocycles. The molecule has 0 bridgehead atoms. The fraction of sp³-hybridized carbons (Fsp3) is 0.250. The Hall–Kier alpha value is -2.17. The zero-order valence-corrected chi connectivity index (χ0v) is 7.56. The second kappa shape index (κ2) is 4.14. The summed E-state index contributed by atoms with van der Waals surface area (Å²) in [6, 6.07) is 1.90. The van der Waals surface area contributed by atoms with Crippen molar-refractivity contribution in [2.45, 2.75) is 12.1 Å². The van der Waals surface area contributed by atoms with Gasteiger partial charge in [0.2, 0.25) is 5.92 Å². The molecule has 5 nitrogen and oxygen atoms in total. The summed E-state index contributed by atoms with van der Waals surface area (Å²) in [6.45, 7) is 0. The maximum Gasteiger partial charge on any atom is 0.433 e. The number of carboxylic acids is 1. The summed E-state index contributed by atoms with van der Waals surface area (Å²) < 4.78 is 36.6. The van der Waals surface area contributed by atoms with Crippen LogP contribution < -0.4 is 0 Å². The van der Waals surface area contributed by atoms with Gasteiger partial charge in [0.1, 0.15) is 5.69 Å². The van der Waals surface area contributed by atoms with Crippen LogP contribution in [0.3, 0.4) is 0 Å². The minimum Gasteiger partial charge on any atom is -0.480 e. The molecular weight excluding hydrogens is 227 g/mol. The van der Waals surface area contributed by atoms with Gasteiger partial charge in [-0.25, -0.2) is 9.97 Å². The smallest absolute Gasteiger partial charge is 0.433 e. The summed E-state index contributed by atoms with van der Waals surface area (Å²) in [5.74, 6) is -4.08. The van der Waals surface area contributed by atoms with Gasteiger partial charge in [0, 0.05) is 6.20 Å². The van der Waals surface area contributed by atoms with Gasteiger partial charge in [0.25, 0.3) is 0 Å². The third kappa shape index (κ3) is 2.44. The Morgan fingerprint density at radius 2 is 2.19 bits per heavy atom. The van der Waals surface area contributed by atoms with Crippen molar-refractivity contribution in [3.63, 3.8) is 0 Å². The third-order valence-electron chi connectivity index (χ3n) is 1.60. The number of carbonyl (C=O) groups is 1. The Morgan fingerprint density at radius 3 is 2.62 bits per heavy atom. The summed E-state index contributed by atoms with van der Waals surface area (Å²) in [4.78, 5) is 16.8. The zero-order chi connectivity index (χ0) is 12.3. The minimum atomic E-state index is -4.70. The third-order valence-corrected chi connectivity index (χ3v) is 1.60. The number of rotatable bonds is 2. The summed E-state index contributed by atoms with van der Waals surface area (Å²) >= 11 is 0. The number of aliphatic carboxylic acids is 1. The molecule has 0 saturated heterocycles. The van der Waals surface area contributed by atoms with Gasteiger partial charge < -0.3 is 5.11 Å². The van der Waals surface area contributed by atoms with Gasteiger partial charge in [-0.1, -0.05) is 0 Å². The van der Waals surface area contributed by atoms with E-state index >= 15 is 0 Å². The molecule has 8 heteroatoms. The molecule has 1 N–H and O–H groups in total. The highest BCUT2D eigenvalue weighted by Gasteiger charge is 2.34. The van der Waals surface area contributed by atoms with Crippen LogP contribution in [0.25, 0.3) is 0 Å². The van der Waals surface area contributed by atoms with Gasteiger partial charge in [0.15, 0.2) is 5.82 Å². The van der Waals surface area contributed by atoms with Crippen molar-refractivity contribution in [2.75, 3.05) is 0 Å². The highest BCUT2D eigenvalue weighted by Crippen LogP contribution is 2.27. The summed E-state index contributed by atoms with van der Waals surface area (Å²) in [6.07, 6.45) is -3.94. The fourth-order valence-corrected chi connectivity index (χ4v) is 0.894. The quantitative estimate of drug-likeness (QED) is 0.825. The molecule has 0 spiro atoms. The first kappa shape index (κ1) is 11.9. The van der Waals surface area contributed by atoms with Gasteiger partial charge in [0.05, 0.1) is 6.07 Å². The molecule has 0 saturated carbocycles. The molecule has 0 fully saturated rings. The number of carboxylic acid groups (broad SMARTS) is 1. The molecule has 0 aliphatic rings. The Bertz CT molecular complexity index is 453. The molecule has 1 aromatic rings. The molecular formula is C8H4F3N3O2. The Labute approximate surface area is 87.2 Å². The number of nitrogens with zero attached hydrogens (tertiary/aromatic N) is 3. The van der Waals surface area contributed by atoms with Crippen LogP contribution in [0, 0.1) is 11.3 Å². The second-order valence-corrected chi connectivity index (χ2v) is 2.70. The van der Waals surface area contributed by atoms with Crippen molar-refractivity contribution in [1.29, 1.82) is 5.26 Å². The van der Waals surface area contributed by atoms with Crippen LogP contribution in [-0.4, -0.2) is 21.0 Å². The predicted molar refractivity (Wildman–Crippen MR) is 43.0 cm³/mol. The molecule has 0 aliphatic heterocycles. The van der Waals surface area contributed by atoms with E-state index in [1.165, 1.54) is 6.07 Å². The standard InChI is InChI=1S/C8H4F3N3O2/c9-8(10,11)5-1-2-13-6(14-5)4(3-12)7(15)16/h1-2,4H,(H,15,16). The summed E-state index contributed by atoms with van der Waals surface area (Å²) in [5, 5.41) is 17.0. The highest BCUT2D eigenvalue weighted by molar-refractivity contribution is 5.78. The Morgan fingerprint density at radius 1 is 1.56 bits per heavy atom. The van der Waals surface area contributed by atoms with Crippen LogP contribution in [0.15, 0.2) is 12.3 Å². The van der Waals surface area contributed by atoms with Crippen LogP contribution in [0.5, 0.6) is 0 Å². The van der Waals surface area contributed by atoms with E-state index in [0.717, 1.165) is 6.20 Å². The average Bonchev–Trinajstić information content (AvgIpc) is 2.17. The van der Waals surface area contributed by atoms with Crippen molar-refractivity contribution in [3.05, 3.63) is 23.8 Å². The van der Waals surface area contributed by atoms with Crippen molar-refractivity contribution in [1.82, 2.24) is 9.97 Å². The molecule has 0 radical (unpaired) electrons. The van der Waals surface area contributed by atoms with E-state index in [1.807, 2.05) is 0 Å². The zero-order valence-electron chi connectivity index (χ0n) is 7.56. The Kier molecular flexibility index (Phi) is 3.08. The first-order valence-corrected chi connectivity index (χ1v) is 3.89. The topological polar surface area (TPSA) is 86.9 Å². The van der Waals surface area contributed by atoms with Gasteiger partial charge in [-0.2, -0.15) is 18.4 Å². The maximum atomic E-state index is 12.2. The van der Waals surface area contributed by atoms with Crippen LogP contribution >= 0.6 is 0 Å². The lowest BCUT2D eigenvalue weighted by molar-refractivity contribution is -0.142. The fourth-order valence-electron chi connectivity index (χ4n) is 0.894. The van der Waals surface area contributed by atoms with Crippen LogP contribution in [0.2, 0.25) is 0 Å². The van der Waals surface area contributed by atoms with Gasteiger partial charge in [-0.3, -0.25) is 4.79 Å². The van der Waals surface area contributed by atoms with Crippen LogP contribution in [0.4, 0.5) is 13.2 Å². The normalized spacial score (nSPS) is 12.9. The lowest BCUT2D eigenvalue weighted by Gasteiger charge is -2.07. The van der Waals surface area contributed by atoms with E-state index in [0.29, 0.717) is 6.07 Å². The van der Waals surface area contributed by atoms with Crippen molar-refractivity contribution in [3.8, 4) is 6.07 Å².